The number of carboxylic acids is 1. The summed E-state index contributed by atoms with van der Waals surface area (Å²) in [6.07, 6.45) is 0. The van der Waals surface area contributed by atoms with Crippen molar-refractivity contribution in [3.8, 4) is 0 Å². The molecule has 0 bridgehead atoms. The number of nitrogens with one attached hydrogen (secondary N) is 2. The fourth-order valence-electron chi connectivity index (χ4n) is 1.91. The summed E-state index contributed by atoms with van der Waals surface area (Å²) in [6, 6.07) is 9.25. The second kappa shape index (κ2) is 6.90. The summed E-state index contributed by atoms with van der Waals surface area (Å²) in [5, 5.41) is 11.8. The van der Waals surface area contributed by atoms with Gasteiger partial charge in [-0.15, -0.1) is 0 Å². The fourth-order valence-corrected chi connectivity index (χ4v) is 3.16. The topological polar surface area (TPSA) is 113 Å². The molecule has 0 radical (unpaired) electrons. The number of halogens is 1. The Bertz CT molecular complexity index is 895. The smallest absolute Gasteiger partial charge is 0.337 e. The van der Waals surface area contributed by atoms with Gasteiger partial charge in [0.25, 0.3) is 10.0 Å². The van der Waals surface area contributed by atoms with Crippen molar-refractivity contribution in [3.63, 3.8) is 0 Å². The average Bonchev–Trinajstić information content (AvgIpc) is 2.48. The van der Waals surface area contributed by atoms with E-state index in [2.05, 4.69) is 10.0 Å². The summed E-state index contributed by atoms with van der Waals surface area (Å²) >= 11 is 5.73. The van der Waals surface area contributed by atoms with E-state index in [0.717, 1.165) is 6.07 Å². The van der Waals surface area contributed by atoms with Crippen LogP contribution in [0.25, 0.3) is 0 Å². The Morgan fingerprint density at radius 3 is 2.25 bits per heavy atom. The molecule has 7 nitrogen and oxygen atoms in total. The summed E-state index contributed by atoms with van der Waals surface area (Å²) in [4.78, 5) is 22.1. The average molecular weight is 369 g/mol. The number of anilines is 2. The van der Waals surface area contributed by atoms with Crippen LogP contribution in [0.3, 0.4) is 0 Å². The lowest BCUT2D eigenvalue weighted by Crippen LogP contribution is -2.15. The Kier molecular flexibility index (Phi) is 5.10. The Balaban J connectivity index is 2.32. The van der Waals surface area contributed by atoms with Crippen LogP contribution in [0.1, 0.15) is 17.3 Å². The van der Waals surface area contributed by atoms with Crippen molar-refractivity contribution in [3.05, 3.63) is 53.1 Å². The molecule has 0 unspecified atom stereocenters. The van der Waals surface area contributed by atoms with Gasteiger partial charge in [0.1, 0.15) is 0 Å². The molecule has 1 amide bonds. The van der Waals surface area contributed by atoms with Crippen LogP contribution in [0.15, 0.2) is 47.4 Å². The van der Waals surface area contributed by atoms with Gasteiger partial charge in [0.2, 0.25) is 5.91 Å². The highest BCUT2D eigenvalue weighted by Crippen LogP contribution is 2.24. The fraction of sp³-hybridized carbons (Fsp3) is 0.0667. The molecular weight excluding hydrogens is 356 g/mol. The minimum atomic E-state index is -4.00. The van der Waals surface area contributed by atoms with Crippen molar-refractivity contribution in [2.24, 2.45) is 0 Å². The number of benzene rings is 2. The summed E-state index contributed by atoms with van der Waals surface area (Å²) in [5.74, 6) is -1.59. The third-order valence-corrected chi connectivity index (χ3v) is 4.56. The van der Waals surface area contributed by atoms with Gasteiger partial charge in [0.05, 0.1) is 16.1 Å². The third-order valence-electron chi connectivity index (χ3n) is 2.94. The van der Waals surface area contributed by atoms with Crippen molar-refractivity contribution in [2.75, 3.05) is 10.0 Å². The minimum absolute atomic E-state index is 0.0807. The lowest BCUT2D eigenvalue weighted by atomic mass is 10.2. The number of hydrogen-bond donors (Lipinski definition) is 3. The SMILES string of the molecule is CC(=O)Nc1ccc(S(=O)(=O)Nc2ccc(Cl)cc2C(=O)O)cc1. The van der Waals surface area contributed by atoms with Gasteiger partial charge >= 0.3 is 5.97 Å². The summed E-state index contributed by atoms with van der Waals surface area (Å²) in [6.45, 7) is 1.33. The molecule has 0 saturated carbocycles. The number of sulfonamides is 1. The second-order valence-electron chi connectivity index (χ2n) is 4.81. The van der Waals surface area contributed by atoms with Crippen LogP contribution in [-0.2, 0) is 14.8 Å². The maximum atomic E-state index is 12.4. The zero-order valence-electron chi connectivity index (χ0n) is 12.4. The first-order chi connectivity index (χ1) is 11.2. The van der Waals surface area contributed by atoms with Gasteiger partial charge in [-0.2, -0.15) is 0 Å². The molecule has 0 atom stereocenters. The highest BCUT2D eigenvalue weighted by molar-refractivity contribution is 7.92. The number of carboxylic acid groups (broad SMARTS) is 1. The summed E-state index contributed by atoms with van der Waals surface area (Å²) < 4.78 is 27.0. The maximum Gasteiger partial charge on any atom is 0.337 e. The third kappa shape index (κ3) is 4.24. The normalized spacial score (nSPS) is 10.9. The van der Waals surface area contributed by atoms with Crippen LogP contribution >= 0.6 is 11.6 Å². The molecule has 2 aromatic rings. The first-order valence-corrected chi connectivity index (χ1v) is 8.48. The van der Waals surface area contributed by atoms with E-state index in [1.807, 2.05) is 0 Å². The number of carbonyl (C=O) groups is 2. The highest BCUT2D eigenvalue weighted by atomic mass is 35.5. The Morgan fingerprint density at radius 1 is 1.08 bits per heavy atom. The molecule has 9 heteroatoms. The van der Waals surface area contributed by atoms with Gasteiger partial charge in [-0.25, -0.2) is 13.2 Å². The first-order valence-electron chi connectivity index (χ1n) is 6.62. The van der Waals surface area contributed by atoms with Gasteiger partial charge < -0.3 is 10.4 Å². The minimum Gasteiger partial charge on any atom is -0.478 e. The lowest BCUT2D eigenvalue weighted by molar-refractivity contribution is -0.114. The molecule has 0 aliphatic carbocycles. The van der Waals surface area contributed by atoms with Crippen molar-refractivity contribution in [1.82, 2.24) is 0 Å². The Morgan fingerprint density at radius 2 is 1.71 bits per heavy atom. The number of carbonyl (C=O) groups excluding carboxylic acids is 1. The standard InChI is InChI=1S/C15H13ClN2O5S/c1-9(19)17-11-3-5-12(6-4-11)24(22,23)18-14-7-2-10(16)8-13(14)15(20)21/h2-8,18H,1H3,(H,17,19)(H,20,21). The second-order valence-corrected chi connectivity index (χ2v) is 6.92. The Hall–Kier alpha value is -2.58. The van der Waals surface area contributed by atoms with E-state index in [0.29, 0.717) is 5.69 Å². The molecule has 2 rings (SSSR count). The molecule has 3 N–H and O–H groups in total. The van der Waals surface area contributed by atoms with Gasteiger partial charge in [-0.1, -0.05) is 11.6 Å². The zero-order valence-corrected chi connectivity index (χ0v) is 14.0. The highest BCUT2D eigenvalue weighted by Gasteiger charge is 2.19. The van der Waals surface area contributed by atoms with Gasteiger partial charge in [0.15, 0.2) is 0 Å². The van der Waals surface area contributed by atoms with Gasteiger partial charge in [0, 0.05) is 17.6 Å². The predicted octanol–water partition coefficient (Wildman–Crippen LogP) is 2.80. The van der Waals surface area contributed by atoms with Crippen LogP contribution in [0, 0.1) is 0 Å². The van der Waals surface area contributed by atoms with E-state index in [9.17, 15) is 18.0 Å². The molecule has 126 valence electrons. The Labute approximate surface area is 143 Å². The van der Waals surface area contributed by atoms with E-state index in [4.69, 9.17) is 16.7 Å². The van der Waals surface area contributed by atoms with E-state index in [1.165, 1.54) is 43.3 Å². The van der Waals surface area contributed by atoms with Crippen molar-refractivity contribution < 1.29 is 23.1 Å². The monoisotopic (exact) mass is 368 g/mol. The molecule has 0 saturated heterocycles. The molecule has 24 heavy (non-hydrogen) atoms. The molecule has 0 aliphatic heterocycles. The van der Waals surface area contributed by atoms with E-state index in [-0.39, 0.29) is 27.1 Å². The van der Waals surface area contributed by atoms with Crippen molar-refractivity contribution in [1.29, 1.82) is 0 Å². The van der Waals surface area contributed by atoms with Crippen LogP contribution in [0.4, 0.5) is 11.4 Å². The quantitative estimate of drug-likeness (QED) is 0.751. The summed E-state index contributed by atoms with van der Waals surface area (Å²) in [5.41, 5.74) is 0.0814. The molecule has 0 fully saturated rings. The molecule has 0 aromatic heterocycles. The zero-order chi connectivity index (χ0) is 17.9. The van der Waals surface area contributed by atoms with Gasteiger partial charge in [-0.05, 0) is 42.5 Å². The van der Waals surface area contributed by atoms with Crippen molar-refractivity contribution in [2.45, 2.75) is 11.8 Å². The van der Waals surface area contributed by atoms with E-state index >= 15 is 0 Å². The molecule has 0 aliphatic rings. The van der Waals surface area contributed by atoms with E-state index < -0.39 is 16.0 Å². The van der Waals surface area contributed by atoms with Crippen LogP contribution in [0.2, 0.25) is 5.02 Å². The van der Waals surface area contributed by atoms with E-state index in [1.54, 1.807) is 0 Å². The molecule has 2 aromatic carbocycles. The molecule has 0 spiro atoms. The lowest BCUT2D eigenvalue weighted by Gasteiger charge is -2.11. The summed E-state index contributed by atoms with van der Waals surface area (Å²) in [7, 11) is -4.00. The largest absolute Gasteiger partial charge is 0.478 e. The number of hydrogen-bond acceptors (Lipinski definition) is 4. The molecular formula is C15H13ClN2O5S. The number of aromatic carboxylic acids is 1. The van der Waals surface area contributed by atoms with Gasteiger partial charge in [-0.3, -0.25) is 9.52 Å². The predicted molar refractivity (Wildman–Crippen MR) is 90.0 cm³/mol. The first kappa shape index (κ1) is 17.8. The van der Waals surface area contributed by atoms with Crippen molar-refractivity contribution >= 4 is 44.9 Å². The number of amides is 1. The molecule has 0 heterocycles. The number of rotatable bonds is 5. The van der Waals surface area contributed by atoms with Crippen LogP contribution in [0.5, 0.6) is 0 Å². The van der Waals surface area contributed by atoms with Crippen LogP contribution < -0.4 is 10.0 Å². The maximum absolute atomic E-state index is 12.4. The van der Waals surface area contributed by atoms with Crippen LogP contribution in [-0.4, -0.2) is 25.4 Å².